The van der Waals surface area contributed by atoms with E-state index in [2.05, 4.69) is 38.1 Å². The lowest BCUT2D eigenvalue weighted by molar-refractivity contribution is 0.616. The normalized spacial score (nSPS) is 11.3. The SMILES string of the molecule is Cc1cc(C)cc(-c2nc3ccccc3c3ccoc23)c1. The van der Waals surface area contributed by atoms with E-state index in [9.17, 15) is 0 Å². The van der Waals surface area contributed by atoms with Gasteiger partial charge in [0, 0.05) is 16.3 Å². The Morgan fingerprint density at radius 1 is 0.857 bits per heavy atom. The van der Waals surface area contributed by atoms with Gasteiger partial charge in [0.2, 0.25) is 0 Å². The summed E-state index contributed by atoms with van der Waals surface area (Å²) in [6, 6.07) is 16.7. The van der Waals surface area contributed by atoms with E-state index in [1.807, 2.05) is 24.3 Å². The molecule has 0 saturated heterocycles. The summed E-state index contributed by atoms with van der Waals surface area (Å²) in [7, 11) is 0. The van der Waals surface area contributed by atoms with Crippen molar-refractivity contribution in [3.8, 4) is 11.3 Å². The third-order valence-corrected chi connectivity index (χ3v) is 3.80. The van der Waals surface area contributed by atoms with Crippen LogP contribution < -0.4 is 0 Å². The van der Waals surface area contributed by atoms with Crippen molar-refractivity contribution in [2.75, 3.05) is 0 Å². The number of aryl methyl sites for hydroxylation is 2. The molecule has 2 aromatic carbocycles. The van der Waals surface area contributed by atoms with Crippen LogP contribution in [0.5, 0.6) is 0 Å². The number of rotatable bonds is 1. The molecule has 2 heteroatoms. The van der Waals surface area contributed by atoms with E-state index in [4.69, 9.17) is 9.40 Å². The zero-order chi connectivity index (χ0) is 14.4. The Kier molecular flexibility index (Phi) is 2.58. The van der Waals surface area contributed by atoms with Crippen molar-refractivity contribution in [2.24, 2.45) is 0 Å². The number of aromatic nitrogens is 1. The van der Waals surface area contributed by atoms with Crippen molar-refractivity contribution in [3.63, 3.8) is 0 Å². The molecule has 102 valence electrons. The molecule has 2 heterocycles. The first-order chi connectivity index (χ1) is 10.2. The van der Waals surface area contributed by atoms with Crippen LogP contribution in [0.15, 0.2) is 59.2 Å². The molecule has 4 rings (SSSR count). The van der Waals surface area contributed by atoms with Crippen LogP contribution in [0.3, 0.4) is 0 Å². The second-order valence-corrected chi connectivity index (χ2v) is 5.52. The molecule has 0 spiro atoms. The average Bonchev–Trinajstić information content (AvgIpc) is 2.95. The molecule has 0 aliphatic carbocycles. The fraction of sp³-hybridized carbons (Fsp3) is 0.105. The van der Waals surface area contributed by atoms with Gasteiger partial charge in [0.25, 0.3) is 0 Å². The summed E-state index contributed by atoms with van der Waals surface area (Å²) in [6.07, 6.45) is 1.74. The maximum Gasteiger partial charge on any atom is 0.160 e. The molecule has 21 heavy (non-hydrogen) atoms. The predicted octanol–water partition coefficient (Wildman–Crippen LogP) is 5.26. The van der Waals surface area contributed by atoms with Gasteiger partial charge in [-0.2, -0.15) is 0 Å². The van der Waals surface area contributed by atoms with Gasteiger partial charge in [0.1, 0.15) is 5.69 Å². The lowest BCUT2D eigenvalue weighted by atomic mass is 10.0. The molecule has 0 radical (unpaired) electrons. The van der Waals surface area contributed by atoms with Gasteiger partial charge in [-0.15, -0.1) is 0 Å². The number of furan rings is 1. The number of hydrogen-bond acceptors (Lipinski definition) is 2. The molecule has 2 aromatic heterocycles. The number of fused-ring (bicyclic) bond motifs is 3. The molecule has 0 saturated carbocycles. The average molecular weight is 273 g/mol. The third-order valence-electron chi connectivity index (χ3n) is 3.80. The van der Waals surface area contributed by atoms with E-state index in [-0.39, 0.29) is 0 Å². The lowest BCUT2D eigenvalue weighted by Gasteiger charge is -2.07. The number of para-hydroxylation sites is 1. The highest BCUT2D eigenvalue weighted by Gasteiger charge is 2.13. The Morgan fingerprint density at radius 3 is 2.43 bits per heavy atom. The summed E-state index contributed by atoms with van der Waals surface area (Å²) in [5, 5.41) is 2.25. The molecule has 0 atom stereocenters. The number of benzene rings is 2. The summed E-state index contributed by atoms with van der Waals surface area (Å²) >= 11 is 0. The van der Waals surface area contributed by atoms with Crippen molar-refractivity contribution in [1.29, 1.82) is 0 Å². The van der Waals surface area contributed by atoms with Crippen LogP contribution >= 0.6 is 0 Å². The number of hydrogen-bond donors (Lipinski definition) is 0. The lowest BCUT2D eigenvalue weighted by Crippen LogP contribution is -1.89. The predicted molar refractivity (Wildman–Crippen MR) is 86.4 cm³/mol. The van der Waals surface area contributed by atoms with Crippen molar-refractivity contribution >= 4 is 21.9 Å². The summed E-state index contributed by atoms with van der Waals surface area (Å²) in [4.78, 5) is 4.83. The van der Waals surface area contributed by atoms with Crippen LogP contribution in [0.25, 0.3) is 33.1 Å². The molecule has 0 amide bonds. The van der Waals surface area contributed by atoms with E-state index in [0.29, 0.717) is 0 Å². The molecule has 2 nitrogen and oxygen atoms in total. The molecule has 0 unspecified atom stereocenters. The zero-order valence-electron chi connectivity index (χ0n) is 12.1. The second-order valence-electron chi connectivity index (χ2n) is 5.52. The monoisotopic (exact) mass is 273 g/mol. The molecule has 0 bridgehead atoms. The summed E-state index contributed by atoms with van der Waals surface area (Å²) in [5.41, 5.74) is 6.36. The Hall–Kier alpha value is -2.61. The molecule has 0 N–H and O–H groups in total. The quantitative estimate of drug-likeness (QED) is 0.472. The van der Waals surface area contributed by atoms with Gasteiger partial charge >= 0.3 is 0 Å². The summed E-state index contributed by atoms with van der Waals surface area (Å²) < 4.78 is 5.73. The fourth-order valence-corrected chi connectivity index (χ4v) is 2.98. The van der Waals surface area contributed by atoms with Gasteiger partial charge in [0.05, 0.1) is 11.8 Å². The van der Waals surface area contributed by atoms with Gasteiger partial charge in [0.15, 0.2) is 5.58 Å². The van der Waals surface area contributed by atoms with Gasteiger partial charge in [-0.05, 0) is 38.1 Å². The van der Waals surface area contributed by atoms with Crippen LogP contribution in [-0.2, 0) is 0 Å². The van der Waals surface area contributed by atoms with Crippen LogP contribution in [0.1, 0.15) is 11.1 Å². The largest absolute Gasteiger partial charge is 0.462 e. The first-order valence-corrected chi connectivity index (χ1v) is 7.07. The van der Waals surface area contributed by atoms with Crippen molar-refractivity contribution in [3.05, 3.63) is 65.9 Å². The highest BCUT2D eigenvalue weighted by atomic mass is 16.3. The van der Waals surface area contributed by atoms with Crippen molar-refractivity contribution in [1.82, 2.24) is 4.98 Å². The first kappa shape index (κ1) is 12.2. The van der Waals surface area contributed by atoms with E-state index in [0.717, 1.165) is 33.1 Å². The van der Waals surface area contributed by atoms with Gasteiger partial charge in [-0.3, -0.25) is 0 Å². The minimum absolute atomic E-state index is 0.860. The van der Waals surface area contributed by atoms with Gasteiger partial charge < -0.3 is 4.42 Å². The Morgan fingerprint density at radius 2 is 1.62 bits per heavy atom. The van der Waals surface area contributed by atoms with Gasteiger partial charge in [-0.25, -0.2) is 4.98 Å². The topological polar surface area (TPSA) is 26.0 Å². The molecule has 0 aliphatic rings. The van der Waals surface area contributed by atoms with E-state index >= 15 is 0 Å². The standard InChI is InChI=1S/C19H15NO/c1-12-9-13(2)11-14(10-12)18-19-16(7-8-21-19)15-5-3-4-6-17(15)20-18/h3-11H,1-2H3. The Labute approximate surface area is 123 Å². The zero-order valence-corrected chi connectivity index (χ0v) is 12.1. The minimum atomic E-state index is 0.860. The van der Waals surface area contributed by atoms with E-state index in [1.54, 1.807) is 6.26 Å². The van der Waals surface area contributed by atoms with Crippen LogP contribution in [0.4, 0.5) is 0 Å². The highest BCUT2D eigenvalue weighted by molar-refractivity contribution is 6.08. The molecule has 4 aromatic rings. The van der Waals surface area contributed by atoms with Crippen LogP contribution in [-0.4, -0.2) is 4.98 Å². The maximum atomic E-state index is 5.73. The maximum absolute atomic E-state index is 5.73. The van der Waals surface area contributed by atoms with Crippen LogP contribution in [0.2, 0.25) is 0 Å². The smallest absolute Gasteiger partial charge is 0.160 e. The number of nitrogens with zero attached hydrogens (tertiary/aromatic N) is 1. The Bertz CT molecular complexity index is 946. The third kappa shape index (κ3) is 1.91. The van der Waals surface area contributed by atoms with E-state index < -0.39 is 0 Å². The van der Waals surface area contributed by atoms with Crippen molar-refractivity contribution in [2.45, 2.75) is 13.8 Å². The van der Waals surface area contributed by atoms with E-state index in [1.165, 1.54) is 11.1 Å². The molecule has 0 fully saturated rings. The molecule has 0 aliphatic heterocycles. The molecular weight excluding hydrogens is 258 g/mol. The summed E-state index contributed by atoms with van der Waals surface area (Å²) in [5.74, 6) is 0. The fourth-order valence-electron chi connectivity index (χ4n) is 2.98. The molecular formula is C19H15NO. The summed E-state index contributed by atoms with van der Waals surface area (Å²) in [6.45, 7) is 4.22. The minimum Gasteiger partial charge on any atom is -0.462 e. The highest BCUT2D eigenvalue weighted by Crippen LogP contribution is 2.33. The van der Waals surface area contributed by atoms with Gasteiger partial charge in [-0.1, -0.05) is 35.4 Å². The second kappa shape index (κ2) is 4.45. The Balaban J connectivity index is 2.13. The van der Waals surface area contributed by atoms with Crippen molar-refractivity contribution < 1.29 is 4.42 Å². The number of pyridine rings is 1. The first-order valence-electron chi connectivity index (χ1n) is 7.07. The van der Waals surface area contributed by atoms with Crippen LogP contribution in [0, 0.1) is 13.8 Å².